The van der Waals surface area contributed by atoms with Gasteiger partial charge in [0.15, 0.2) is 0 Å². The van der Waals surface area contributed by atoms with Crippen molar-refractivity contribution >= 4 is 49.9 Å². The van der Waals surface area contributed by atoms with E-state index in [0.717, 1.165) is 15.6 Å². The lowest BCUT2D eigenvalue weighted by Gasteiger charge is -2.20. The highest BCUT2D eigenvalue weighted by molar-refractivity contribution is 9.10. The Balaban J connectivity index is 2.27. The molecule has 0 saturated heterocycles. The van der Waals surface area contributed by atoms with Gasteiger partial charge in [-0.15, -0.1) is 0 Å². The monoisotopic (exact) mass is 399 g/mol. The maximum Gasteiger partial charge on any atom is 0.228 e. The van der Waals surface area contributed by atoms with Crippen LogP contribution >= 0.6 is 39.0 Å². The Bertz CT molecular complexity index is 633. The second-order valence-corrected chi connectivity index (χ2v) is 7.75. The van der Waals surface area contributed by atoms with E-state index >= 15 is 0 Å². The smallest absolute Gasteiger partial charge is 0.228 e. The van der Waals surface area contributed by atoms with Crippen LogP contribution in [0.3, 0.4) is 0 Å². The third kappa shape index (κ3) is 4.08. The molecule has 0 aromatic carbocycles. The minimum Gasteiger partial charge on any atom is -0.302 e. The van der Waals surface area contributed by atoms with Crippen LogP contribution in [0.4, 0.5) is 5.00 Å². The van der Waals surface area contributed by atoms with Crippen LogP contribution in [0.5, 0.6) is 0 Å². The second kappa shape index (κ2) is 8.08. The van der Waals surface area contributed by atoms with Crippen LogP contribution in [0.2, 0.25) is 0 Å². The van der Waals surface area contributed by atoms with Crippen molar-refractivity contribution in [3.63, 3.8) is 0 Å². The SMILES string of the molecule is CCN(C(=O)CC(C)SC)c1sc(-c2cccnc2)nc1Br. The number of hydrogen-bond donors (Lipinski definition) is 0. The Morgan fingerprint density at radius 1 is 1.55 bits per heavy atom. The molecule has 0 fully saturated rings. The number of carbonyl (C=O) groups is 1. The standard InChI is InChI=1S/C15H18BrN3OS2/c1-4-19(12(20)8-10(2)21-3)15-13(16)18-14(22-15)11-6-5-7-17-9-11/h5-7,9-10H,4,8H2,1-3H3. The van der Waals surface area contributed by atoms with Gasteiger partial charge in [0, 0.05) is 36.2 Å². The third-order valence-electron chi connectivity index (χ3n) is 3.20. The van der Waals surface area contributed by atoms with E-state index in [0.29, 0.717) is 22.8 Å². The van der Waals surface area contributed by atoms with Gasteiger partial charge in [0.1, 0.15) is 14.6 Å². The zero-order chi connectivity index (χ0) is 16.1. The number of hydrogen-bond acceptors (Lipinski definition) is 5. The van der Waals surface area contributed by atoms with Crippen molar-refractivity contribution in [2.45, 2.75) is 25.5 Å². The molecule has 1 unspecified atom stereocenters. The van der Waals surface area contributed by atoms with E-state index in [1.807, 2.05) is 25.3 Å². The van der Waals surface area contributed by atoms with Gasteiger partial charge in [-0.05, 0) is 41.2 Å². The van der Waals surface area contributed by atoms with Gasteiger partial charge >= 0.3 is 0 Å². The van der Waals surface area contributed by atoms with Gasteiger partial charge in [-0.25, -0.2) is 4.98 Å². The molecular weight excluding hydrogens is 382 g/mol. The molecule has 1 atom stereocenters. The predicted molar refractivity (Wildman–Crippen MR) is 98.7 cm³/mol. The molecule has 0 spiro atoms. The van der Waals surface area contributed by atoms with Crippen molar-refractivity contribution in [2.24, 2.45) is 0 Å². The van der Waals surface area contributed by atoms with Crippen LogP contribution in [-0.2, 0) is 4.79 Å². The summed E-state index contributed by atoms with van der Waals surface area (Å²) in [5.74, 6) is 0.131. The summed E-state index contributed by atoms with van der Waals surface area (Å²) in [7, 11) is 0. The van der Waals surface area contributed by atoms with Crippen molar-refractivity contribution in [2.75, 3.05) is 17.7 Å². The first-order valence-corrected chi connectivity index (χ1v) is 9.86. The molecule has 0 aliphatic rings. The summed E-state index contributed by atoms with van der Waals surface area (Å²) in [5.41, 5.74) is 0.959. The molecule has 22 heavy (non-hydrogen) atoms. The quantitative estimate of drug-likeness (QED) is 0.718. The molecule has 118 valence electrons. The van der Waals surface area contributed by atoms with Gasteiger partial charge in [-0.2, -0.15) is 11.8 Å². The fourth-order valence-electron chi connectivity index (χ4n) is 1.95. The van der Waals surface area contributed by atoms with Crippen molar-refractivity contribution in [3.05, 3.63) is 29.1 Å². The van der Waals surface area contributed by atoms with Crippen LogP contribution in [0, 0.1) is 0 Å². The van der Waals surface area contributed by atoms with E-state index in [1.165, 1.54) is 11.3 Å². The molecule has 0 aliphatic carbocycles. The Labute approximate surface area is 147 Å². The summed E-state index contributed by atoms with van der Waals surface area (Å²) in [6.45, 7) is 4.68. The van der Waals surface area contributed by atoms with Crippen LogP contribution in [0.1, 0.15) is 20.3 Å². The molecule has 0 aliphatic heterocycles. The van der Waals surface area contributed by atoms with Crippen LogP contribution in [-0.4, -0.2) is 33.9 Å². The first kappa shape index (κ1) is 17.4. The molecule has 0 N–H and O–H groups in total. The molecule has 0 bridgehead atoms. The van der Waals surface area contributed by atoms with Crippen molar-refractivity contribution in [1.82, 2.24) is 9.97 Å². The van der Waals surface area contributed by atoms with E-state index < -0.39 is 0 Å². The van der Waals surface area contributed by atoms with E-state index in [1.54, 1.807) is 29.1 Å². The average molecular weight is 400 g/mol. The number of thiazole rings is 1. The van der Waals surface area contributed by atoms with Crippen molar-refractivity contribution in [3.8, 4) is 10.6 Å². The first-order chi connectivity index (χ1) is 10.6. The Kier molecular flexibility index (Phi) is 6.40. The highest BCUT2D eigenvalue weighted by Crippen LogP contribution is 2.38. The number of aromatic nitrogens is 2. The molecule has 2 heterocycles. The normalized spacial score (nSPS) is 12.2. The lowest BCUT2D eigenvalue weighted by Crippen LogP contribution is -2.31. The highest BCUT2D eigenvalue weighted by Gasteiger charge is 2.22. The lowest BCUT2D eigenvalue weighted by molar-refractivity contribution is -0.118. The Hall–Kier alpha value is -0.920. The predicted octanol–water partition coefficient (Wildman–Crippen LogP) is 4.46. The number of pyridine rings is 1. The fraction of sp³-hybridized carbons (Fsp3) is 0.400. The summed E-state index contributed by atoms with van der Waals surface area (Å²) in [4.78, 5) is 22.9. The summed E-state index contributed by atoms with van der Waals surface area (Å²) >= 11 is 6.70. The van der Waals surface area contributed by atoms with E-state index in [2.05, 4.69) is 32.8 Å². The summed E-state index contributed by atoms with van der Waals surface area (Å²) in [6.07, 6.45) is 6.07. The van der Waals surface area contributed by atoms with E-state index in [-0.39, 0.29) is 5.91 Å². The zero-order valence-electron chi connectivity index (χ0n) is 12.7. The Morgan fingerprint density at radius 3 is 2.91 bits per heavy atom. The number of carbonyl (C=O) groups excluding carboxylic acids is 1. The average Bonchev–Trinajstić information content (AvgIpc) is 2.91. The highest BCUT2D eigenvalue weighted by atomic mass is 79.9. The number of thioether (sulfide) groups is 1. The van der Waals surface area contributed by atoms with Crippen LogP contribution < -0.4 is 4.90 Å². The van der Waals surface area contributed by atoms with E-state index in [9.17, 15) is 4.79 Å². The molecule has 0 radical (unpaired) electrons. The number of rotatable bonds is 6. The van der Waals surface area contributed by atoms with Crippen molar-refractivity contribution < 1.29 is 4.79 Å². The molecule has 2 rings (SSSR count). The zero-order valence-corrected chi connectivity index (χ0v) is 16.0. The number of nitrogens with zero attached hydrogens (tertiary/aromatic N) is 3. The Morgan fingerprint density at radius 2 is 2.32 bits per heavy atom. The van der Waals surface area contributed by atoms with Gasteiger partial charge < -0.3 is 4.90 Å². The summed E-state index contributed by atoms with van der Waals surface area (Å²) in [6, 6.07) is 3.85. The molecule has 2 aromatic rings. The number of amides is 1. The third-order valence-corrected chi connectivity index (χ3v) is 6.12. The molecule has 1 amide bonds. The maximum absolute atomic E-state index is 12.5. The van der Waals surface area contributed by atoms with Crippen molar-refractivity contribution in [1.29, 1.82) is 0 Å². The van der Waals surface area contributed by atoms with Gasteiger partial charge in [-0.1, -0.05) is 18.3 Å². The number of anilines is 1. The lowest BCUT2D eigenvalue weighted by atomic mass is 10.3. The van der Waals surface area contributed by atoms with Gasteiger partial charge in [0.2, 0.25) is 5.91 Å². The summed E-state index contributed by atoms with van der Waals surface area (Å²) < 4.78 is 0.711. The molecule has 0 saturated carbocycles. The van der Waals surface area contributed by atoms with Gasteiger partial charge in [0.05, 0.1) is 0 Å². The molecule has 7 heteroatoms. The maximum atomic E-state index is 12.5. The number of halogens is 1. The molecule has 4 nitrogen and oxygen atoms in total. The minimum atomic E-state index is 0.131. The molecule has 2 aromatic heterocycles. The van der Waals surface area contributed by atoms with Crippen LogP contribution in [0.15, 0.2) is 29.1 Å². The minimum absolute atomic E-state index is 0.131. The first-order valence-electron chi connectivity index (χ1n) is 6.96. The van der Waals surface area contributed by atoms with Gasteiger partial charge in [0.25, 0.3) is 0 Å². The summed E-state index contributed by atoms with van der Waals surface area (Å²) in [5, 5.41) is 2.03. The second-order valence-electron chi connectivity index (χ2n) is 4.75. The largest absolute Gasteiger partial charge is 0.302 e. The van der Waals surface area contributed by atoms with Crippen LogP contribution in [0.25, 0.3) is 10.6 Å². The van der Waals surface area contributed by atoms with Gasteiger partial charge in [-0.3, -0.25) is 9.78 Å². The van der Waals surface area contributed by atoms with E-state index in [4.69, 9.17) is 0 Å². The topological polar surface area (TPSA) is 46.1 Å². The fourth-order valence-corrected chi connectivity index (χ4v) is 4.04. The molecular formula is C15H18BrN3OS2.